The highest BCUT2D eigenvalue weighted by Crippen LogP contribution is 2.65. The third-order valence-electron chi connectivity index (χ3n) is 4.44. The van der Waals surface area contributed by atoms with Crippen LogP contribution in [0, 0.1) is 11.3 Å². The van der Waals surface area contributed by atoms with Crippen LogP contribution in [0.15, 0.2) is 0 Å². The van der Waals surface area contributed by atoms with Gasteiger partial charge >= 0.3 is 0 Å². The van der Waals surface area contributed by atoms with Gasteiger partial charge in [0.1, 0.15) is 0 Å². The molecule has 2 atom stereocenters. The fraction of sp³-hybridized carbons (Fsp3) is 1.00. The number of hydrogen-bond donors (Lipinski definition) is 2. The van der Waals surface area contributed by atoms with Crippen LogP contribution in [0.25, 0.3) is 0 Å². The molecule has 2 saturated carbocycles. The van der Waals surface area contributed by atoms with Crippen molar-refractivity contribution < 1.29 is 5.11 Å². The molecule has 0 amide bonds. The number of nitrogens with two attached hydrogens (primary N) is 1. The zero-order valence-corrected chi connectivity index (χ0v) is 8.55. The normalized spacial score (nSPS) is 38.1. The Morgan fingerprint density at radius 1 is 1.31 bits per heavy atom. The second-order valence-electron chi connectivity index (χ2n) is 4.90. The molecule has 2 unspecified atom stereocenters. The third kappa shape index (κ3) is 1.15. The summed E-state index contributed by atoms with van der Waals surface area (Å²) in [7, 11) is 0. The molecule has 2 aliphatic rings. The van der Waals surface area contributed by atoms with Crippen LogP contribution in [-0.4, -0.2) is 17.3 Å². The van der Waals surface area contributed by atoms with Crippen molar-refractivity contribution in [2.75, 3.05) is 6.54 Å². The third-order valence-corrected chi connectivity index (χ3v) is 4.44. The van der Waals surface area contributed by atoms with E-state index in [0.29, 0.717) is 17.9 Å². The highest BCUT2D eigenvalue weighted by molar-refractivity contribution is 5.14. The first-order valence-electron chi connectivity index (χ1n) is 5.61. The van der Waals surface area contributed by atoms with Crippen molar-refractivity contribution in [3.05, 3.63) is 0 Å². The first-order valence-corrected chi connectivity index (χ1v) is 5.61. The van der Waals surface area contributed by atoms with Crippen LogP contribution in [0.5, 0.6) is 0 Å². The molecule has 0 aromatic carbocycles. The Morgan fingerprint density at radius 3 is 2.46 bits per heavy atom. The van der Waals surface area contributed by atoms with Crippen LogP contribution in [-0.2, 0) is 0 Å². The molecule has 1 spiro atoms. The molecule has 2 fully saturated rings. The molecule has 76 valence electrons. The Bertz CT molecular complexity index is 196. The van der Waals surface area contributed by atoms with E-state index in [1.807, 2.05) is 0 Å². The molecule has 2 rings (SSSR count). The highest BCUT2D eigenvalue weighted by Gasteiger charge is 2.63. The Hall–Kier alpha value is -0.0800. The van der Waals surface area contributed by atoms with Gasteiger partial charge in [0.25, 0.3) is 0 Å². The van der Waals surface area contributed by atoms with Crippen LogP contribution in [0.3, 0.4) is 0 Å². The van der Waals surface area contributed by atoms with Crippen molar-refractivity contribution in [2.45, 2.75) is 51.0 Å². The predicted octanol–water partition coefficient (Wildman–Crippen LogP) is 1.67. The van der Waals surface area contributed by atoms with E-state index < -0.39 is 5.60 Å². The second-order valence-corrected chi connectivity index (χ2v) is 4.90. The quantitative estimate of drug-likeness (QED) is 0.699. The summed E-state index contributed by atoms with van der Waals surface area (Å²) in [5.41, 5.74) is 5.63. The Morgan fingerprint density at radius 2 is 2.00 bits per heavy atom. The van der Waals surface area contributed by atoms with Crippen molar-refractivity contribution in [3.8, 4) is 0 Å². The molecule has 0 heterocycles. The van der Waals surface area contributed by atoms with Gasteiger partial charge in [-0.15, -0.1) is 0 Å². The Balaban J connectivity index is 2.17. The van der Waals surface area contributed by atoms with Crippen LogP contribution in [0.1, 0.15) is 45.4 Å². The SMILES string of the molecule is CCC(CN)C1(O)CCCC12CC2. The average Bonchev–Trinajstić information content (AvgIpc) is 2.80. The van der Waals surface area contributed by atoms with Crippen LogP contribution in [0.4, 0.5) is 0 Å². The standard InChI is InChI=1S/C11H21NO/c1-2-9(8-12)11(13)5-3-4-10(11)6-7-10/h9,13H,2-8,12H2,1H3. The lowest BCUT2D eigenvalue weighted by atomic mass is 9.75. The molecule has 0 radical (unpaired) electrons. The summed E-state index contributed by atoms with van der Waals surface area (Å²) in [4.78, 5) is 0. The summed E-state index contributed by atoms with van der Waals surface area (Å²) in [6.45, 7) is 2.79. The molecule has 0 aromatic heterocycles. The summed E-state index contributed by atoms with van der Waals surface area (Å²) in [6, 6.07) is 0. The molecule has 0 bridgehead atoms. The smallest absolute Gasteiger partial charge is 0.0743 e. The molecule has 13 heavy (non-hydrogen) atoms. The molecule has 0 aliphatic heterocycles. The second kappa shape index (κ2) is 2.96. The van der Waals surface area contributed by atoms with E-state index in [1.54, 1.807) is 0 Å². The first kappa shape index (κ1) is 9.47. The molecule has 0 aromatic rings. The number of aliphatic hydroxyl groups is 1. The van der Waals surface area contributed by atoms with Crippen molar-refractivity contribution >= 4 is 0 Å². The van der Waals surface area contributed by atoms with Crippen LogP contribution >= 0.6 is 0 Å². The Kier molecular flexibility index (Phi) is 2.16. The lowest BCUT2D eigenvalue weighted by molar-refractivity contribution is -0.0618. The monoisotopic (exact) mass is 183 g/mol. The number of hydrogen-bond acceptors (Lipinski definition) is 2. The van der Waals surface area contributed by atoms with Crippen LogP contribution in [0.2, 0.25) is 0 Å². The van der Waals surface area contributed by atoms with Gasteiger partial charge in [-0.2, -0.15) is 0 Å². The zero-order chi connectivity index (χ0) is 9.53. The van der Waals surface area contributed by atoms with E-state index in [4.69, 9.17) is 5.73 Å². The fourth-order valence-electron chi connectivity index (χ4n) is 3.35. The molecule has 2 aliphatic carbocycles. The van der Waals surface area contributed by atoms with Gasteiger partial charge in [-0.25, -0.2) is 0 Å². The minimum atomic E-state index is -0.406. The van der Waals surface area contributed by atoms with E-state index in [-0.39, 0.29) is 0 Å². The van der Waals surface area contributed by atoms with E-state index in [1.165, 1.54) is 25.7 Å². The Labute approximate surface area is 80.5 Å². The van der Waals surface area contributed by atoms with Crippen molar-refractivity contribution in [3.63, 3.8) is 0 Å². The minimum absolute atomic E-state index is 0.299. The summed E-state index contributed by atoms with van der Waals surface area (Å²) in [6.07, 6.45) is 6.92. The fourth-order valence-corrected chi connectivity index (χ4v) is 3.35. The molecule has 2 heteroatoms. The van der Waals surface area contributed by atoms with Crippen molar-refractivity contribution in [1.82, 2.24) is 0 Å². The topological polar surface area (TPSA) is 46.2 Å². The van der Waals surface area contributed by atoms with E-state index in [0.717, 1.165) is 12.8 Å². The number of rotatable bonds is 3. The molecule has 0 saturated heterocycles. The van der Waals surface area contributed by atoms with Gasteiger partial charge in [0, 0.05) is 5.92 Å². The molecule has 3 N–H and O–H groups in total. The molecular weight excluding hydrogens is 162 g/mol. The molecule has 2 nitrogen and oxygen atoms in total. The average molecular weight is 183 g/mol. The first-order chi connectivity index (χ1) is 6.18. The van der Waals surface area contributed by atoms with Gasteiger partial charge in [-0.05, 0) is 50.5 Å². The maximum absolute atomic E-state index is 10.7. The lowest BCUT2D eigenvalue weighted by Crippen LogP contribution is -2.45. The van der Waals surface area contributed by atoms with E-state index in [9.17, 15) is 5.11 Å². The summed E-state index contributed by atoms with van der Waals surface area (Å²) in [5.74, 6) is 0.331. The van der Waals surface area contributed by atoms with Gasteiger partial charge in [0.15, 0.2) is 0 Å². The van der Waals surface area contributed by atoms with Gasteiger partial charge in [0.05, 0.1) is 5.60 Å². The molecular formula is C11H21NO. The van der Waals surface area contributed by atoms with E-state index in [2.05, 4.69) is 6.92 Å². The van der Waals surface area contributed by atoms with Gasteiger partial charge in [-0.3, -0.25) is 0 Å². The summed E-state index contributed by atoms with van der Waals surface area (Å²) >= 11 is 0. The largest absolute Gasteiger partial charge is 0.389 e. The summed E-state index contributed by atoms with van der Waals surface area (Å²) < 4.78 is 0. The van der Waals surface area contributed by atoms with Gasteiger partial charge < -0.3 is 10.8 Å². The minimum Gasteiger partial charge on any atom is -0.389 e. The van der Waals surface area contributed by atoms with Crippen molar-refractivity contribution in [2.24, 2.45) is 17.1 Å². The van der Waals surface area contributed by atoms with Gasteiger partial charge in [0.2, 0.25) is 0 Å². The van der Waals surface area contributed by atoms with Gasteiger partial charge in [-0.1, -0.05) is 6.92 Å². The maximum Gasteiger partial charge on any atom is 0.0743 e. The van der Waals surface area contributed by atoms with E-state index >= 15 is 0 Å². The highest BCUT2D eigenvalue weighted by atomic mass is 16.3. The predicted molar refractivity (Wildman–Crippen MR) is 53.3 cm³/mol. The lowest BCUT2D eigenvalue weighted by Gasteiger charge is -2.37. The maximum atomic E-state index is 10.7. The summed E-state index contributed by atoms with van der Waals surface area (Å²) in [5, 5.41) is 10.7. The zero-order valence-electron chi connectivity index (χ0n) is 8.55. The van der Waals surface area contributed by atoms with Crippen molar-refractivity contribution in [1.29, 1.82) is 0 Å². The van der Waals surface area contributed by atoms with Crippen LogP contribution < -0.4 is 5.73 Å².